The number of rotatable bonds is 7. The molecule has 0 aliphatic rings. The Morgan fingerprint density at radius 3 is 2.46 bits per heavy atom. The van der Waals surface area contributed by atoms with Gasteiger partial charge >= 0.3 is 5.97 Å². The summed E-state index contributed by atoms with van der Waals surface area (Å²) in [5.74, 6) is 0.366. The number of esters is 1. The monoisotopic (exact) mass is 413 g/mol. The average Bonchev–Trinajstić information content (AvgIpc) is 3.15. The highest BCUT2D eigenvalue weighted by molar-refractivity contribution is 9.10. The average molecular weight is 414 g/mol. The van der Waals surface area contributed by atoms with Crippen molar-refractivity contribution in [2.75, 3.05) is 0 Å². The van der Waals surface area contributed by atoms with Crippen molar-refractivity contribution >= 4 is 27.7 Å². The molecule has 0 radical (unpaired) electrons. The lowest BCUT2D eigenvalue weighted by atomic mass is 10.1. The van der Waals surface area contributed by atoms with Crippen LogP contribution in [0.3, 0.4) is 0 Å². The van der Waals surface area contributed by atoms with Gasteiger partial charge in [-0.1, -0.05) is 58.4 Å². The number of hydrogen-bond acceptors (Lipinski definition) is 5. The number of carbonyl (C=O) groups excluding carboxylic acids is 2. The van der Waals surface area contributed by atoms with E-state index in [1.807, 2.05) is 30.3 Å². The van der Waals surface area contributed by atoms with Crippen LogP contribution in [-0.2, 0) is 16.1 Å². The van der Waals surface area contributed by atoms with Gasteiger partial charge in [0.1, 0.15) is 0 Å². The molecule has 0 fully saturated rings. The number of halogens is 1. The van der Waals surface area contributed by atoms with Crippen molar-refractivity contribution in [1.82, 2.24) is 4.98 Å². The van der Waals surface area contributed by atoms with Gasteiger partial charge in [-0.2, -0.15) is 0 Å². The van der Waals surface area contributed by atoms with Gasteiger partial charge in [-0.05, 0) is 12.1 Å². The Kier molecular flexibility index (Phi) is 5.96. The Balaban J connectivity index is 1.46. The Labute approximate surface area is 159 Å². The molecule has 0 N–H and O–H groups in total. The lowest BCUT2D eigenvalue weighted by Crippen LogP contribution is -2.08. The maximum absolute atomic E-state index is 12.0. The van der Waals surface area contributed by atoms with Gasteiger partial charge in [-0.25, -0.2) is 4.98 Å². The maximum atomic E-state index is 12.0. The van der Waals surface area contributed by atoms with Gasteiger partial charge in [0.25, 0.3) is 0 Å². The molecule has 0 aliphatic heterocycles. The number of carbonyl (C=O) groups is 2. The van der Waals surface area contributed by atoms with E-state index in [0.29, 0.717) is 17.2 Å². The molecule has 6 heteroatoms. The summed E-state index contributed by atoms with van der Waals surface area (Å²) in [5, 5.41) is 0. The molecular weight excluding hydrogens is 398 g/mol. The smallest absolute Gasteiger partial charge is 0.306 e. The van der Waals surface area contributed by atoms with Gasteiger partial charge in [0.05, 0.1) is 12.6 Å². The van der Waals surface area contributed by atoms with Crippen LogP contribution in [0, 0.1) is 0 Å². The molecule has 1 aromatic heterocycles. The Morgan fingerprint density at radius 1 is 1.00 bits per heavy atom. The molecule has 132 valence electrons. The second-order valence-electron chi connectivity index (χ2n) is 5.58. The van der Waals surface area contributed by atoms with E-state index in [4.69, 9.17) is 9.15 Å². The summed E-state index contributed by atoms with van der Waals surface area (Å²) in [6, 6.07) is 16.5. The molecule has 0 amide bonds. The van der Waals surface area contributed by atoms with Crippen molar-refractivity contribution < 1.29 is 18.7 Å². The summed E-state index contributed by atoms with van der Waals surface area (Å²) in [6.45, 7) is -0.0574. The highest BCUT2D eigenvalue weighted by Crippen LogP contribution is 2.20. The van der Waals surface area contributed by atoms with Gasteiger partial charge in [0.15, 0.2) is 18.2 Å². The van der Waals surface area contributed by atoms with Gasteiger partial charge in [-0.15, -0.1) is 0 Å². The summed E-state index contributed by atoms with van der Waals surface area (Å²) in [6.07, 6.45) is 1.71. The third-order valence-corrected chi connectivity index (χ3v) is 4.22. The molecule has 0 atom stereocenters. The van der Waals surface area contributed by atoms with Crippen molar-refractivity contribution in [3.8, 4) is 11.3 Å². The van der Waals surface area contributed by atoms with Gasteiger partial charge in [0, 0.05) is 22.0 Å². The predicted molar refractivity (Wildman–Crippen MR) is 99.4 cm³/mol. The van der Waals surface area contributed by atoms with Gasteiger partial charge in [0.2, 0.25) is 5.89 Å². The quantitative estimate of drug-likeness (QED) is 0.410. The summed E-state index contributed by atoms with van der Waals surface area (Å²) >= 11 is 3.32. The van der Waals surface area contributed by atoms with Crippen molar-refractivity contribution in [2.24, 2.45) is 0 Å². The SMILES string of the molecule is O=C(CCC(=O)c1ccc(Br)cc1)OCc1ncc(-c2ccccc2)o1. The van der Waals surface area contributed by atoms with Crippen molar-refractivity contribution in [3.05, 3.63) is 76.7 Å². The molecular formula is C20H16BrNO4. The minimum absolute atomic E-state index is 0.0150. The Hall–Kier alpha value is -2.73. The first-order chi connectivity index (χ1) is 12.6. The molecule has 3 rings (SSSR count). The summed E-state index contributed by atoms with van der Waals surface area (Å²) in [7, 11) is 0. The fraction of sp³-hybridized carbons (Fsp3) is 0.150. The fourth-order valence-electron chi connectivity index (χ4n) is 2.32. The van der Waals surface area contributed by atoms with E-state index in [9.17, 15) is 9.59 Å². The highest BCUT2D eigenvalue weighted by Gasteiger charge is 2.12. The van der Waals surface area contributed by atoms with Crippen molar-refractivity contribution in [3.63, 3.8) is 0 Å². The van der Waals surface area contributed by atoms with Crippen LogP contribution < -0.4 is 0 Å². The predicted octanol–water partition coefficient (Wildman–Crippen LogP) is 4.81. The molecule has 0 saturated carbocycles. The van der Waals surface area contributed by atoms with Crippen LogP contribution in [0.15, 0.2) is 69.7 Å². The van der Waals surface area contributed by atoms with Gasteiger partial charge in [-0.3, -0.25) is 9.59 Å². The standard InChI is InChI=1S/C20H16BrNO4/c21-16-8-6-14(7-9-16)17(23)10-11-20(24)25-13-19-22-12-18(26-19)15-4-2-1-3-5-15/h1-9,12H,10-11,13H2. The number of oxazole rings is 1. The first-order valence-corrected chi connectivity index (χ1v) is 8.85. The van der Waals surface area contributed by atoms with Crippen molar-refractivity contribution in [1.29, 1.82) is 0 Å². The van der Waals surface area contributed by atoms with E-state index in [-0.39, 0.29) is 25.2 Å². The zero-order valence-corrected chi connectivity index (χ0v) is 15.4. The number of aromatic nitrogens is 1. The summed E-state index contributed by atoms with van der Waals surface area (Å²) in [4.78, 5) is 28.0. The van der Waals surface area contributed by atoms with E-state index in [2.05, 4.69) is 20.9 Å². The molecule has 3 aromatic rings. The first kappa shape index (κ1) is 18.1. The number of nitrogens with zero attached hydrogens (tertiary/aromatic N) is 1. The normalized spacial score (nSPS) is 10.5. The largest absolute Gasteiger partial charge is 0.456 e. The minimum atomic E-state index is -0.463. The number of Topliss-reactive ketones (excluding diaryl/α,β-unsaturated/α-hetero) is 1. The maximum Gasteiger partial charge on any atom is 0.306 e. The second-order valence-corrected chi connectivity index (χ2v) is 6.49. The third kappa shape index (κ3) is 4.89. The topological polar surface area (TPSA) is 69.4 Å². The zero-order chi connectivity index (χ0) is 18.4. The molecule has 0 saturated heterocycles. The number of ether oxygens (including phenoxy) is 1. The molecule has 1 heterocycles. The van der Waals surface area contributed by atoms with Gasteiger partial charge < -0.3 is 9.15 Å². The lowest BCUT2D eigenvalue weighted by Gasteiger charge is -2.03. The van der Waals surface area contributed by atoms with Crippen LogP contribution in [0.4, 0.5) is 0 Å². The Morgan fingerprint density at radius 2 is 1.73 bits per heavy atom. The van der Waals surface area contributed by atoms with Crippen molar-refractivity contribution in [2.45, 2.75) is 19.4 Å². The minimum Gasteiger partial charge on any atom is -0.456 e. The summed E-state index contributed by atoms with van der Waals surface area (Å²) in [5.41, 5.74) is 1.47. The summed E-state index contributed by atoms with van der Waals surface area (Å²) < 4.78 is 11.6. The molecule has 0 spiro atoms. The van der Waals surface area contributed by atoms with Crippen LogP contribution in [0.25, 0.3) is 11.3 Å². The van der Waals surface area contributed by atoms with E-state index < -0.39 is 5.97 Å². The Bertz CT molecular complexity index is 888. The fourth-order valence-corrected chi connectivity index (χ4v) is 2.59. The van der Waals surface area contributed by atoms with E-state index in [1.165, 1.54) is 0 Å². The third-order valence-electron chi connectivity index (χ3n) is 3.69. The van der Waals surface area contributed by atoms with Crippen LogP contribution >= 0.6 is 15.9 Å². The molecule has 5 nitrogen and oxygen atoms in total. The highest BCUT2D eigenvalue weighted by atomic mass is 79.9. The molecule has 26 heavy (non-hydrogen) atoms. The molecule has 0 unspecified atom stereocenters. The number of ketones is 1. The van der Waals surface area contributed by atoms with E-state index >= 15 is 0 Å². The zero-order valence-electron chi connectivity index (χ0n) is 13.9. The van der Waals surface area contributed by atoms with Crippen LogP contribution in [0.5, 0.6) is 0 Å². The van der Waals surface area contributed by atoms with E-state index in [0.717, 1.165) is 10.0 Å². The lowest BCUT2D eigenvalue weighted by molar-refractivity contribution is -0.145. The number of hydrogen-bond donors (Lipinski definition) is 0. The number of benzene rings is 2. The van der Waals surface area contributed by atoms with Crippen LogP contribution in [0.2, 0.25) is 0 Å². The molecule has 2 aromatic carbocycles. The first-order valence-electron chi connectivity index (χ1n) is 8.06. The van der Waals surface area contributed by atoms with Crippen LogP contribution in [0.1, 0.15) is 29.1 Å². The van der Waals surface area contributed by atoms with Crippen LogP contribution in [-0.4, -0.2) is 16.7 Å². The second kappa shape index (κ2) is 8.58. The van der Waals surface area contributed by atoms with E-state index in [1.54, 1.807) is 30.5 Å². The molecule has 0 bridgehead atoms. The molecule has 0 aliphatic carbocycles.